The predicted octanol–water partition coefficient (Wildman–Crippen LogP) is 1.69. The third kappa shape index (κ3) is 1.52. The number of hydrogen-bond donors (Lipinski definition) is 1. The van der Waals surface area contributed by atoms with Gasteiger partial charge in [0.25, 0.3) is 0 Å². The van der Waals surface area contributed by atoms with Gasteiger partial charge in [0.1, 0.15) is 5.75 Å². The van der Waals surface area contributed by atoms with Gasteiger partial charge in [0.2, 0.25) is 0 Å². The summed E-state index contributed by atoms with van der Waals surface area (Å²) in [6.07, 6.45) is 3.66. The number of nitrogens with two attached hydrogens (primary N) is 1. The molecule has 1 heterocycles. The van der Waals surface area contributed by atoms with Crippen LogP contribution >= 0.6 is 0 Å². The number of benzene rings is 1. The van der Waals surface area contributed by atoms with Crippen LogP contribution in [0, 0.1) is 0 Å². The van der Waals surface area contributed by atoms with Gasteiger partial charge in [-0.1, -0.05) is 0 Å². The van der Waals surface area contributed by atoms with E-state index in [0.717, 1.165) is 49.2 Å². The first-order chi connectivity index (χ1) is 7.69. The number of hydrogen-bond acceptors (Lipinski definition) is 3. The molecule has 16 heavy (non-hydrogen) atoms. The fourth-order valence-corrected chi connectivity index (χ4v) is 2.15. The molecule has 84 valence electrons. The zero-order valence-corrected chi connectivity index (χ0v) is 9.16. The van der Waals surface area contributed by atoms with E-state index < -0.39 is 5.54 Å². The predicted molar refractivity (Wildman–Crippen MR) is 60.7 cm³/mol. The van der Waals surface area contributed by atoms with Crippen molar-refractivity contribution in [2.24, 2.45) is 5.73 Å². The van der Waals surface area contributed by atoms with Gasteiger partial charge in [-0.05, 0) is 49.4 Å². The Morgan fingerprint density at radius 2 is 2.19 bits per heavy atom. The zero-order valence-electron chi connectivity index (χ0n) is 9.16. The summed E-state index contributed by atoms with van der Waals surface area (Å²) in [7, 11) is 0. The van der Waals surface area contributed by atoms with Crippen LogP contribution in [0.2, 0.25) is 0 Å². The Bertz CT molecular complexity index is 449. The van der Waals surface area contributed by atoms with Crippen LogP contribution in [0.3, 0.4) is 0 Å². The molecule has 1 fully saturated rings. The lowest BCUT2D eigenvalue weighted by molar-refractivity contribution is 0.0949. The van der Waals surface area contributed by atoms with Crippen molar-refractivity contribution >= 4 is 5.78 Å². The summed E-state index contributed by atoms with van der Waals surface area (Å²) in [5.41, 5.74) is 7.23. The molecule has 2 N–H and O–H groups in total. The minimum absolute atomic E-state index is 0.0841. The third-order valence-corrected chi connectivity index (χ3v) is 3.41. The smallest absolute Gasteiger partial charge is 0.182 e. The fraction of sp³-hybridized carbons (Fsp3) is 0.462. The second-order valence-electron chi connectivity index (χ2n) is 4.76. The molecular weight excluding hydrogens is 202 g/mol. The standard InChI is InChI=1S/C13H15NO2/c14-13(5-6-13)12(15)10-3-4-11-9(8-10)2-1-7-16-11/h3-4,8H,1-2,5-7,14H2. The lowest BCUT2D eigenvalue weighted by Gasteiger charge is -2.18. The molecule has 0 saturated heterocycles. The molecule has 0 spiro atoms. The van der Waals surface area contributed by atoms with Crippen molar-refractivity contribution in [1.29, 1.82) is 0 Å². The molecule has 1 saturated carbocycles. The van der Waals surface area contributed by atoms with Crippen LogP contribution in [-0.2, 0) is 6.42 Å². The van der Waals surface area contributed by atoms with Gasteiger partial charge in [0.05, 0.1) is 12.1 Å². The third-order valence-electron chi connectivity index (χ3n) is 3.41. The molecular formula is C13H15NO2. The first-order valence-electron chi connectivity index (χ1n) is 5.78. The molecule has 0 unspecified atom stereocenters. The van der Waals surface area contributed by atoms with Crippen molar-refractivity contribution < 1.29 is 9.53 Å². The van der Waals surface area contributed by atoms with Crippen molar-refractivity contribution in [3.05, 3.63) is 29.3 Å². The highest BCUT2D eigenvalue weighted by atomic mass is 16.5. The minimum atomic E-state index is -0.566. The highest BCUT2D eigenvalue weighted by molar-refractivity contribution is 6.05. The second kappa shape index (κ2) is 3.32. The van der Waals surface area contributed by atoms with Crippen LogP contribution in [0.1, 0.15) is 35.2 Å². The summed E-state index contributed by atoms with van der Waals surface area (Å²) in [6.45, 7) is 0.779. The summed E-state index contributed by atoms with van der Waals surface area (Å²) >= 11 is 0. The van der Waals surface area contributed by atoms with Gasteiger partial charge in [-0.15, -0.1) is 0 Å². The highest BCUT2D eigenvalue weighted by Crippen LogP contribution is 2.36. The monoisotopic (exact) mass is 217 g/mol. The number of carbonyl (C=O) groups is 1. The van der Waals surface area contributed by atoms with Crippen LogP contribution in [0.5, 0.6) is 5.75 Å². The molecule has 0 amide bonds. The number of ketones is 1. The number of fused-ring (bicyclic) bond motifs is 1. The van der Waals surface area contributed by atoms with Gasteiger partial charge < -0.3 is 10.5 Å². The molecule has 0 aromatic heterocycles. The number of ether oxygens (including phenoxy) is 1. The van der Waals surface area contributed by atoms with Crippen LogP contribution in [0.4, 0.5) is 0 Å². The molecule has 1 aliphatic carbocycles. The summed E-state index contributed by atoms with van der Waals surface area (Å²) in [6, 6.07) is 5.68. The van der Waals surface area contributed by atoms with E-state index in [1.54, 1.807) is 0 Å². The van der Waals surface area contributed by atoms with E-state index in [-0.39, 0.29) is 5.78 Å². The van der Waals surface area contributed by atoms with Crippen LogP contribution in [0.25, 0.3) is 0 Å². The summed E-state index contributed by atoms with van der Waals surface area (Å²) in [5.74, 6) is 1.01. The maximum absolute atomic E-state index is 12.0. The Balaban J connectivity index is 1.94. The van der Waals surface area contributed by atoms with Gasteiger partial charge in [0.15, 0.2) is 5.78 Å². The normalized spacial score (nSPS) is 20.8. The van der Waals surface area contributed by atoms with Crippen molar-refractivity contribution in [3.63, 3.8) is 0 Å². The van der Waals surface area contributed by atoms with E-state index in [1.807, 2.05) is 18.2 Å². The van der Waals surface area contributed by atoms with Crippen LogP contribution < -0.4 is 10.5 Å². The van der Waals surface area contributed by atoms with E-state index in [4.69, 9.17) is 10.5 Å². The largest absolute Gasteiger partial charge is 0.493 e. The molecule has 0 bridgehead atoms. The van der Waals surface area contributed by atoms with Crippen molar-refractivity contribution in [1.82, 2.24) is 0 Å². The molecule has 3 heteroatoms. The SMILES string of the molecule is NC1(C(=O)c2ccc3c(c2)CCCO3)CC1. The van der Waals surface area contributed by atoms with E-state index in [2.05, 4.69) is 0 Å². The van der Waals surface area contributed by atoms with E-state index >= 15 is 0 Å². The van der Waals surface area contributed by atoms with Gasteiger partial charge in [-0.25, -0.2) is 0 Å². The van der Waals surface area contributed by atoms with E-state index in [0.29, 0.717) is 0 Å². The Hall–Kier alpha value is -1.35. The van der Waals surface area contributed by atoms with Crippen molar-refractivity contribution in [2.75, 3.05) is 6.61 Å². The quantitative estimate of drug-likeness (QED) is 0.767. The highest BCUT2D eigenvalue weighted by Gasteiger charge is 2.46. The summed E-state index contributed by atoms with van der Waals surface area (Å²) < 4.78 is 5.52. The van der Waals surface area contributed by atoms with Crippen LogP contribution in [0.15, 0.2) is 18.2 Å². The average molecular weight is 217 g/mol. The number of Topliss-reactive ketones (excluding diaryl/α,β-unsaturated/α-hetero) is 1. The summed E-state index contributed by atoms with van der Waals surface area (Å²) in [4.78, 5) is 12.0. The van der Waals surface area contributed by atoms with Gasteiger partial charge in [-0.2, -0.15) is 0 Å². The topological polar surface area (TPSA) is 52.3 Å². The second-order valence-corrected chi connectivity index (χ2v) is 4.76. The molecule has 3 nitrogen and oxygen atoms in total. The maximum atomic E-state index is 12.0. The Morgan fingerprint density at radius 1 is 1.38 bits per heavy atom. The lowest BCUT2D eigenvalue weighted by atomic mass is 9.97. The molecule has 3 rings (SSSR count). The molecule has 0 radical (unpaired) electrons. The Morgan fingerprint density at radius 3 is 2.94 bits per heavy atom. The minimum Gasteiger partial charge on any atom is -0.493 e. The number of carbonyl (C=O) groups excluding carboxylic acids is 1. The molecule has 1 aliphatic heterocycles. The fourth-order valence-electron chi connectivity index (χ4n) is 2.15. The number of rotatable bonds is 2. The molecule has 1 aromatic carbocycles. The van der Waals surface area contributed by atoms with Gasteiger partial charge in [-0.3, -0.25) is 4.79 Å². The first kappa shape index (κ1) is 9.85. The molecule has 1 aromatic rings. The van der Waals surface area contributed by atoms with E-state index in [1.165, 1.54) is 0 Å². The van der Waals surface area contributed by atoms with Gasteiger partial charge in [0, 0.05) is 5.56 Å². The average Bonchev–Trinajstić information content (AvgIpc) is 3.07. The van der Waals surface area contributed by atoms with E-state index in [9.17, 15) is 4.79 Å². The maximum Gasteiger partial charge on any atom is 0.182 e. The first-order valence-corrected chi connectivity index (χ1v) is 5.78. The van der Waals surface area contributed by atoms with Gasteiger partial charge >= 0.3 is 0 Å². The lowest BCUT2D eigenvalue weighted by Crippen LogP contribution is -2.32. The van der Waals surface area contributed by atoms with Crippen LogP contribution in [-0.4, -0.2) is 17.9 Å². The number of aryl methyl sites for hydroxylation is 1. The van der Waals surface area contributed by atoms with Crippen molar-refractivity contribution in [3.8, 4) is 5.75 Å². The molecule has 0 atom stereocenters. The molecule has 2 aliphatic rings. The Kier molecular flexibility index (Phi) is 2.04. The zero-order chi connectivity index (χ0) is 11.2. The Labute approximate surface area is 94.6 Å². The van der Waals surface area contributed by atoms with Crippen molar-refractivity contribution in [2.45, 2.75) is 31.2 Å². The summed E-state index contributed by atoms with van der Waals surface area (Å²) in [5, 5.41) is 0.